The Morgan fingerprint density at radius 2 is 1.90 bits per heavy atom. The van der Waals surface area contributed by atoms with Gasteiger partial charge in [0.2, 0.25) is 0 Å². The van der Waals surface area contributed by atoms with Crippen molar-refractivity contribution in [1.29, 1.82) is 0 Å². The molecule has 0 aliphatic carbocycles. The number of nitrogens with one attached hydrogen (secondary N) is 1. The zero-order valence-corrected chi connectivity index (χ0v) is 14.7. The van der Waals surface area contributed by atoms with E-state index in [4.69, 9.17) is 10.5 Å². The molecule has 0 fully saturated rings. The van der Waals surface area contributed by atoms with Crippen LogP contribution >= 0.6 is 0 Å². The molecule has 0 amide bonds. The highest BCUT2D eigenvalue weighted by Crippen LogP contribution is 2.11. The van der Waals surface area contributed by atoms with Crippen LogP contribution in [-0.4, -0.2) is 56.3 Å². The summed E-state index contributed by atoms with van der Waals surface area (Å²) in [6.07, 6.45) is 2.11. The summed E-state index contributed by atoms with van der Waals surface area (Å²) in [4.78, 5) is 6.98. The van der Waals surface area contributed by atoms with Gasteiger partial charge in [-0.1, -0.05) is 27.7 Å². The zero-order chi connectivity index (χ0) is 16.1. The van der Waals surface area contributed by atoms with E-state index in [-0.39, 0.29) is 0 Å². The lowest BCUT2D eigenvalue weighted by molar-refractivity contribution is 0.145. The summed E-state index contributed by atoms with van der Waals surface area (Å²) in [5.74, 6) is 1.22. The molecule has 126 valence electrons. The fourth-order valence-electron chi connectivity index (χ4n) is 2.42. The van der Waals surface area contributed by atoms with Gasteiger partial charge in [-0.3, -0.25) is 9.89 Å². The van der Waals surface area contributed by atoms with Crippen LogP contribution in [-0.2, 0) is 4.74 Å². The lowest BCUT2D eigenvalue weighted by Gasteiger charge is -2.29. The molecule has 0 radical (unpaired) electrons. The molecule has 21 heavy (non-hydrogen) atoms. The highest BCUT2D eigenvalue weighted by Gasteiger charge is 2.16. The van der Waals surface area contributed by atoms with Crippen molar-refractivity contribution in [3.05, 3.63) is 0 Å². The number of hydrogen-bond acceptors (Lipinski definition) is 3. The predicted molar refractivity (Wildman–Crippen MR) is 91.8 cm³/mol. The lowest BCUT2D eigenvalue weighted by Crippen LogP contribution is -2.40. The molecule has 1 unspecified atom stereocenters. The summed E-state index contributed by atoms with van der Waals surface area (Å²) in [7, 11) is 0. The predicted octanol–water partition coefficient (Wildman–Crippen LogP) is 2.07. The van der Waals surface area contributed by atoms with Crippen LogP contribution in [0.1, 0.15) is 47.5 Å². The maximum atomic E-state index is 5.93. The molecule has 1 atom stereocenters. The number of aliphatic imine (C=N–C) groups is 1. The van der Waals surface area contributed by atoms with E-state index in [9.17, 15) is 0 Å². The van der Waals surface area contributed by atoms with Gasteiger partial charge in [0, 0.05) is 25.8 Å². The molecule has 0 aromatic rings. The molecular formula is C16H36N4O. The Hall–Kier alpha value is -0.810. The highest BCUT2D eigenvalue weighted by atomic mass is 16.5. The molecule has 0 spiro atoms. The molecule has 3 N–H and O–H groups in total. The van der Waals surface area contributed by atoms with Crippen LogP contribution in [0.3, 0.4) is 0 Å². The molecule has 5 nitrogen and oxygen atoms in total. The average molecular weight is 300 g/mol. The Morgan fingerprint density at radius 1 is 1.24 bits per heavy atom. The second-order valence-corrected chi connectivity index (χ2v) is 5.71. The highest BCUT2D eigenvalue weighted by molar-refractivity contribution is 5.77. The molecule has 5 heteroatoms. The van der Waals surface area contributed by atoms with Crippen molar-refractivity contribution in [2.75, 3.05) is 39.4 Å². The molecule has 0 saturated heterocycles. The Labute approximate surface area is 131 Å². The minimum atomic E-state index is 0.476. The van der Waals surface area contributed by atoms with Gasteiger partial charge in [0.1, 0.15) is 0 Å². The fraction of sp³-hybridized carbons (Fsp3) is 0.938. The van der Waals surface area contributed by atoms with Crippen molar-refractivity contribution >= 4 is 5.96 Å². The first kappa shape index (κ1) is 20.2. The van der Waals surface area contributed by atoms with E-state index in [1.54, 1.807) is 0 Å². The van der Waals surface area contributed by atoms with E-state index < -0.39 is 0 Å². The Morgan fingerprint density at radius 3 is 2.43 bits per heavy atom. The lowest BCUT2D eigenvalue weighted by atomic mass is 10.0. The van der Waals surface area contributed by atoms with Crippen molar-refractivity contribution < 1.29 is 4.74 Å². The van der Waals surface area contributed by atoms with Crippen molar-refractivity contribution in [3.8, 4) is 0 Å². The summed E-state index contributed by atoms with van der Waals surface area (Å²) >= 11 is 0. The number of hydrogen-bond donors (Lipinski definition) is 2. The van der Waals surface area contributed by atoms with E-state index in [2.05, 4.69) is 42.9 Å². The summed E-state index contributed by atoms with van der Waals surface area (Å²) in [6, 6.07) is 0.476. The first-order valence-corrected chi connectivity index (χ1v) is 8.40. The number of guanidine groups is 1. The monoisotopic (exact) mass is 300 g/mol. The minimum Gasteiger partial charge on any atom is -0.382 e. The van der Waals surface area contributed by atoms with E-state index in [1.807, 2.05) is 6.92 Å². The van der Waals surface area contributed by atoms with Crippen LogP contribution < -0.4 is 11.1 Å². The molecule has 0 aromatic heterocycles. The van der Waals surface area contributed by atoms with Crippen LogP contribution in [0.2, 0.25) is 0 Å². The average Bonchev–Trinajstić information content (AvgIpc) is 2.45. The van der Waals surface area contributed by atoms with Crippen molar-refractivity contribution in [1.82, 2.24) is 10.2 Å². The van der Waals surface area contributed by atoms with Crippen LogP contribution in [0.5, 0.6) is 0 Å². The number of ether oxygens (including phenoxy) is 1. The molecule has 0 saturated carbocycles. The van der Waals surface area contributed by atoms with Crippen LogP contribution in [0.15, 0.2) is 4.99 Å². The van der Waals surface area contributed by atoms with E-state index in [1.165, 1.54) is 0 Å². The summed E-state index contributed by atoms with van der Waals surface area (Å²) in [5, 5.41) is 3.15. The van der Waals surface area contributed by atoms with E-state index in [0.717, 1.165) is 52.2 Å². The smallest absolute Gasteiger partial charge is 0.188 e. The fourth-order valence-corrected chi connectivity index (χ4v) is 2.42. The van der Waals surface area contributed by atoms with Crippen molar-refractivity contribution in [3.63, 3.8) is 0 Å². The van der Waals surface area contributed by atoms with Crippen LogP contribution in [0.4, 0.5) is 0 Å². The normalized spacial score (nSPS) is 14.0. The molecule has 0 heterocycles. The first-order valence-electron chi connectivity index (χ1n) is 8.40. The quantitative estimate of drug-likeness (QED) is 0.329. The second kappa shape index (κ2) is 12.9. The molecular weight excluding hydrogens is 264 g/mol. The third-order valence-electron chi connectivity index (χ3n) is 3.52. The summed E-state index contributed by atoms with van der Waals surface area (Å²) in [5.41, 5.74) is 5.93. The molecule has 0 rings (SSSR count). The van der Waals surface area contributed by atoms with Crippen molar-refractivity contribution in [2.24, 2.45) is 16.6 Å². The molecule has 0 bridgehead atoms. The third kappa shape index (κ3) is 10.5. The van der Waals surface area contributed by atoms with Gasteiger partial charge in [-0.05, 0) is 38.8 Å². The van der Waals surface area contributed by atoms with Gasteiger partial charge in [-0.25, -0.2) is 0 Å². The number of nitrogens with zero attached hydrogens (tertiary/aromatic N) is 2. The van der Waals surface area contributed by atoms with Gasteiger partial charge in [0.15, 0.2) is 5.96 Å². The standard InChI is InChI=1S/C16H36N4O/c1-6-20(7-2)15(12-14(4)5)13-19-16(17)18-10-9-11-21-8-3/h14-15H,6-13H2,1-5H3,(H3,17,18,19). The Bertz CT molecular complexity index is 265. The Balaban J connectivity index is 4.20. The summed E-state index contributed by atoms with van der Waals surface area (Å²) in [6.45, 7) is 16.2. The SMILES string of the molecule is CCOCCCNC(N)=NCC(CC(C)C)N(CC)CC. The van der Waals surface area contributed by atoms with Gasteiger partial charge >= 0.3 is 0 Å². The van der Waals surface area contributed by atoms with Gasteiger partial charge in [-0.2, -0.15) is 0 Å². The topological polar surface area (TPSA) is 62.9 Å². The van der Waals surface area contributed by atoms with Gasteiger partial charge in [0.25, 0.3) is 0 Å². The molecule has 0 aliphatic rings. The third-order valence-corrected chi connectivity index (χ3v) is 3.52. The number of nitrogens with two attached hydrogens (primary N) is 1. The minimum absolute atomic E-state index is 0.476. The molecule has 0 aromatic carbocycles. The van der Waals surface area contributed by atoms with Gasteiger partial charge < -0.3 is 15.8 Å². The van der Waals surface area contributed by atoms with Crippen molar-refractivity contribution in [2.45, 2.75) is 53.5 Å². The zero-order valence-electron chi connectivity index (χ0n) is 14.7. The maximum Gasteiger partial charge on any atom is 0.188 e. The maximum absolute atomic E-state index is 5.93. The van der Waals surface area contributed by atoms with Gasteiger partial charge in [-0.15, -0.1) is 0 Å². The van der Waals surface area contributed by atoms with Crippen LogP contribution in [0, 0.1) is 5.92 Å². The first-order chi connectivity index (χ1) is 10.0. The summed E-state index contributed by atoms with van der Waals surface area (Å²) < 4.78 is 5.29. The van der Waals surface area contributed by atoms with Crippen LogP contribution in [0.25, 0.3) is 0 Å². The largest absolute Gasteiger partial charge is 0.382 e. The second-order valence-electron chi connectivity index (χ2n) is 5.71. The Kier molecular flexibility index (Phi) is 12.4. The number of rotatable bonds is 12. The van der Waals surface area contributed by atoms with Gasteiger partial charge in [0.05, 0.1) is 6.54 Å². The van der Waals surface area contributed by atoms with E-state index in [0.29, 0.717) is 17.9 Å². The number of likely N-dealkylation sites (N-methyl/N-ethyl adjacent to an activating group) is 1. The molecule has 0 aliphatic heterocycles. The van der Waals surface area contributed by atoms with E-state index >= 15 is 0 Å².